The zero-order chi connectivity index (χ0) is 14.2. The zero-order valence-electron chi connectivity index (χ0n) is 11.7. The van der Waals surface area contributed by atoms with Crippen LogP contribution in [-0.4, -0.2) is 21.1 Å². The Hall–Kier alpha value is -2.17. The molecule has 3 rings (SSSR count). The summed E-state index contributed by atoms with van der Waals surface area (Å²) in [5.41, 5.74) is 0.678. The number of carbonyl (C=O) groups excluding carboxylic acids is 1. The van der Waals surface area contributed by atoms with Gasteiger partial charge in [0.2, 0.25) is 11.9 Å². The third-order valence-electron chi connectivity index (χ3n) is 3.79. The lowest BCUT2D eigenvalue weighted by Crippen LogP contribution is -2.28. The topological polar surface area (TPSA) is 70.7 Å². The minimum atomic E-state index is -0.389. The molecule has 0 radical (unpaired) electrons. The number of rotatable bonds is 4. The Kier molecular flexibility index (Phi) is 3.04. The van der Waals surface area contributed by atoms with Crippen molar-refractivity contribution in [1.82, 2.24) is 15.2 Å². The maximum Gasteiger partial charge on any atom is 0.248 e. The highest BCUT2D eigenvalue weighted by molar-refractivity contribution is 6.00. The van der Waals surface area contributed by atoms with E-state index in [2.05, 4.69) is 20.5 Å². The molecule has 1 aliphatic carbocycles. The first-order chi connectivity index (χ1) is 9.62. The molecule has 1 aromatic heterocycles. The summed E-state index contributed by atoms with van der Waals surface area (Å²) in [5, 5.41) is 9.72. The maximum atomic E-state index is 12.5. The van der Waals surface area contributed by atoms with Crippen LogP contribution in [-0.2, 0) is 10.2 Å². The van der Waals surface area contributed by atoms with Gasteiger partial charge in [0, 0.05) is 5.92 Å². The van der Waals surface area contributed by atoms with E-state index in [-0.39, 0.29) is 17.2 Å². The van der Waals surface area contributed by atoms with Gasteiger partial charge in [-0.15, -0.1) is 5.10 Å². The number of benzene rings is 1. The normalized spacial score (nSPS) is 16.1. The molecule has 5 nitrogen and oxygen atoms in total. The Labute approximate surface area is 117 Å². The number of amides is 1. The number of aromatic amines is 1. The lowest BCUT2D eigenvalue weighted by Gasteiger charge is -2.13. The summed E-state index contributed by atoms with van der Waals surface area (Å²) < 4.78 is 0. The number of nitrogens with zero attached hydrogens (tertiary/aromatic N) is 2. The number of nitrogens with one attached hydrogen (secondary N) is 2. The number of hydrogen-bond donors (Lipinski definition) is 2. The van der Waals surface area contributed by atoms with E-state index in [0.717, 1.165) is 24.2 Å². The fourth-order valence-corrected chi connectivity index (χ4v) is 2.34. The molecule has 2 aromatic rings. The molecule has 0 spiro atoms. The first-order valence-corrected chi connectivity index (χ1v) is 6.91. The molecule has 1 aliphatic rings. The van der Waals surface area contributed by atoms with Gasteiger partial charge in [0.1, 0.15) is 5.82 Å². The van der Waals surface area contributed by atoms with Gasteiger partial charge < -0.3 is 0 Å². The fourth-order valence-electron chi connectivity index (χ4n) is 2.34. The predicted molar refractivity (Wildman–Crippen MR) is 76.5 cm³/mol. The number of carbonyl (C=O) groups is 1. The quantitative estimate of drug-likeness (QED) is 0.897. The molecular formula is C15H18N4O. The molecule has 0 unspecified atom stereocenters. The summed E-state index contributed by atoms with van der Waals surface area (Å²) >= 11 is 0. The molecule has 0 saturated heterocycles. The van der Waals surface area contributed by atoms with Crippen molar-refractivity contribution in [3.63, 3.8) is 0 Å². The third-order valence-corrected chi connectivity index (χ3v) is 3.79. The average Bonchev–Trinajstić information content (AvgIpc) is 3.14. The lowest BCUT2D eigenvalue weighted by molar-refractivity contribution is -0.118. The van der Waals surface area contributed by atoms with Crippen LogP contribution in [0.3, 0.4) is 0 Å². The van der Waals surface area contributed by atoms with E-state index in [4.69, 9.17) is 0 Å². The van der Waals surface area contributed by atoms with Gasteiger partial charge in [0.05, 0.1) is 5.41 Å². The standard InChI is InChI=1S/C15H18N4O/c1-10(2)12-16-14(19-18-12)17-13(20)15(8-9-15)11-6-4-3-5-7-11/h3-7,10H,8-9H2,1-2H3,(H2,16,17,18,19,20). The molecule has 0 atom stereocenters. The van der Waals surface area contributed by atoms with Gasteiger partial charge in [-0.05, 0) is 18.4 Å². The third kappa shape index (κ3) is 2.19. The molecule has 104 valence electrons. The van der Waals surface area contributed by atoms with Crippen LogP contribution in [0.25, 0.3) is 0 Å². The largest absolute Gasteiger partial charge is 0.292 e. The molecule has 1 aromatic carbocycles. The van der Waals surface area contributed by atoms with Gasteiger partial charge >= 0.3 is 0 Å². The Balaban J connectivity index is 1.76. The number of hydrogen-bond acceptors (Lipinski definition) is 3. The van der Waals surface area contributed by atoms with Gasteiger partial charge in [-0.25, -0.2) is 0 Å². The van der Waals surface area contributed by atoms with Gasteiger partial charge in [-0.3, -0.25) is 15.2 Å². The summed E-state index contributed by atoms with van der Waals surface area (Å²) in [5.74, 6) is 1.39. The van der Waals surface area contributed by atoms with Crippen molar-refractivity contribution < 1.29 is 4.79 Å². The summed E-state index contributed by atoms with van der Waals surface area (Å²) in [6.45, 7) is 4.05. The van der Waals surface area contributed by atoms with Gasteiger partial charge in [-0.1, -0.05) is 44.2 Å². The zero-order valence-corrected chi connectivity index (χ0v) is 11.7. The molecule has 1 heterocycles. The van der Waals surface area contributed by atoms with Crippen molar-refractivity contribution in [2.24, 2.45) is 0 Å². The van der Waals surface area contributed by atoms with Crippen LogP contribution in [0.5, 0.6) is 0 Å². The van der Waals surface area contributed by atoms with Crippen molar-refractivity contribution in [1.29, 1.82) is 0 Å². The van der Waals surface area contributed by atoms with Crippen LogP contribution >= 0.6 is 0 Å². The Morgan fingerprint density at radius 2 is 2.00 bits per heavy atom. The van der Waals surface area contributed by atoms with Crippen LogP contribution in [0.2, 0.25) is 0 Å². The van der Waals surface area contributed by atoms with E-state index in [1.165, 1.54) is 0 Å². The van der Waals surface area contributed by atoms with E-state index in [1.807, 2.05) is 44.2 Å². The Morgan fingerprint density at radius 1 is 1.30 bits per heavy atom. The fraction of sp³-hybridized carbons (Fsp3) is 0.400. The van der Waals surface area contributed by atoms with Crippen LogP contribution in [0.1, 0.15) is 44.0 Å². The SMILES string of the molecule is CC(C)c1nc(NC(=O)C2(c3ccccc3)CC2)n[nH]1. The monoisotopic (exact) mass is 270 g/mol. The summed E-state index contributed by atoms with van der Waals surface area (Å²) in [4.78, 5) is 16.8. The molecule has 0 bridgehead atoms. The molecule has 0 aliphatic heterocycles. The van der Waals surface area contributed by atoms with Crippen molar-refractivity contribution in [3.8, 4) is 0 Å². The molecule has 1 saturated carbocycles. The first-order valence-electron chi connectivity index (χ1n) is 6.91. The second-order valence-corrected chi connectivity index (χ2v) is 5.60. The molecule has 1 amide bonds. The van der Waals surface area contributed by atoms with Crippen molar-refractivity contribution in [2.45, 2.75) is 38.0 Å². The molecule has 5 heteroatoms. The minimum absolute atomic E-state index is 0.0157. The summed E-state index contributed by atoms with van der Waals surface area (Å²) in [6, 6.07) is 9.90. The van der Waals surface area contributed by atoms with E-state index >= 15 is 0 Å². The summed E-state index contributed by atoms with van der Waals surface area (Å²) in [6.07, 6.45) is 1.76. The van der Waals surface area contributed by atoms with E-state index in [1.54, 1.807) is 0 Å². The second kappa shape index (κ2) is 4.74. The number of aromatic nitrogens is 3. The minimum Gasteiger partial charge on any atom is -0.292 e. The Morgan fingerprint density at radius 3 is 2.55 bits per heavy atom. The van der Waals surface area contributed by atoms with Crippen molar-refractivity contribution in [3.05, 3.63) is 41.7 Å². The lowest BCUT2D eigenvalue weighted by atomic mass is 9.95. The van der Waals surface area contributed by atoms with Crippen LogP contribution < -0.4 is 5.32 Å². The van der Waals surface area contributed by atoms with Gasteiger partial charge in [-0.2, -0.15) is 4.98 Å². The first kappa shape index (κ1) is 12.8. The number of H-pyrrole nitrogens is 1. The van der Waals surface area contributed by atoms with Crippen LogP contribution in [0.4, 0.5) is 5.95 Å². The average molecular weight is 270 g/mol. The van der Waals surface area contributed by atoms with E-state index < -0.39 is 0 Å². The highest BCUT2D eigenvalue weighted by atomic mass is 16.2. The van der Waals surface area contributed by atoms with Crippen LogP contribution in [0.15, 0.2) is 30.3 Å². The highest BCUT2D eigenvalue weighted by Crippen LogP contribution is 2.48. The molecule has 2 N–H and O–H groups in total. The predicted octanol–water partition coefficient (Wildman–Crippen LogP) is 2.60. The smallest absolute Gasteiger partial charge is 0.248 e. The second-order valence-electron chi connectivity index (χ2n) is 5.60. The van der Waals surface area contributed by atoms with E-state index in [0.29, 0.717) is 5.95 Å². The number of anilines is 1. The highest BCUT2D eigenvalue weighted by Gasteiger charge is 2.51. The van der Waals surface area contributed by atoms with E-state index in [9.17, 15) is 4.79 Å². The van der Waals surface area contributed by atoms with Crippen molar-refractivity contribution >= 4 is 11.9 Å². The van der Waals surface area contributed by atoms with Gasteiger partial charge in [0.25, 0.3) is 0 Å². The van der Waals surface area contributed by atoms with Crippen molar-refractivity contribution in [2.75, 3.05) is 5.32 Å². The maximum absolute atomic E-state index is 12.5. The van der Waals surface area contributed by atoms with Crippen LogP contribution in [0, 0.1) is 0 Å². The molecule has 1 fully saturated rings. The molecule has 20 heavy (non-hydrogen) atoms. The summed E-state index contributed by atoms with van der Waals surface area (Å²) in [7, 11) is 0. The molecular weight excluding hydrogens is 252 g/mol. The Bertz CT molecular complexity index is 614. The van der Waals surface area contributed by atoms with Gasteiger partial charge in [0.15, 0.2) is 0 Å².